The number of benzene rings is 4. The van der Waals surface area contributed by atoms with E-state index in [1.165, 1.54) is 5.56 Å². The molecule has 0 bridgehead atoms. The van der Waals surface area contributed by atoms with Gasteiger partial charge in [-0.25, -0.2) is 0 Å². The van der Waals surface area contributed by atoms with Gasteiger partial charge in [-0.2, -0.15) is 0 Å². The van der Waals surface area contributed by atoms with Crippen LogP contribution in [0.2, 0.25) is 0 Å². The lowest BCUT2D eigenvalue weighted by atomic mass is 10.1. The van der Waals surface area contributed by atoms with E-state index in [9.17, 15) is 0 Å². The van der Waals surface area contributed by atoms with Crippen LogP contribution in [-0.2, 0) is 0 Å². The molecular formula is C24H18O2. The Morgan fingerprint density at radius 3 is 1.35 bits per heavy atom. The molecule has 0 aromatic heterocycles. The van der Waals surface area contributed by atoms with Gasteiger partial charge in [-0.3, -0.25) is 0 Å². The van der Waals surface area contributed by atoms with Gasteiger partial charge in [0, 0.05) is 0 Å². The van der Waals surface area contributed by atoms with Crippen LogP contribution in [0.15, 0.2) is 109 Å². The smallest absolute Gasteiger partial charge is 0.169 e. The third kappa shape index (κ3) is 3.76. The van der Waals surface area contributed by atoms with E-state index < -0.39 is 0 Å². The number of rotatable bonds is 5. The maximum absolute atomic E-state index is 6.05. The van der Waals surface area contributed by atoms with E-state index >= 15 is 0 Å². The molecule has 26 heavy (non-hydrogen) atoms. The van der Waals surface area contributed by atoms with Crippen LogP contribution in [0.5, 0.6) is 23.0 Å². The highest BCUT2D eigenvalue weighted by Gasteiger charge is 2.07. The number of para-hydroxylation sites is 3. The summed E-state index contributed by atoms with van der Waals surface area (Å²) in [5.41, 5.74) is 2.35. The zero-order valence-electron chi connectivity index (χ0n) is 14.2. The van der Waals surface area contributed by atoms with Gasteiger partial charge in [0.2, 0.25) is 0 Å². The van der Waals surface area contributed by atoms with E-state index in [0.717, 1.165) is 17.1 Å². The Balaban J connectivity index is 1.54. The average Bonchev–Trinajstić information content (AvgIpc) is 2.72. The normalized spacial score (nSPS) is 10.3. The van der Waals surface area contributed by atoms with Crippen LogP contribution in [0.4, 0.5) is 0 Å². The molecule has 0 atom stereocenters. The summed E-state index contributed by atoms with van der Waals surface area (Å²) < 4.78 is 12.0. The van der Waals surface area contributed by atoms with E-state index in [-0.39, 0.29) is 0 Å². The van der Waals surface area contributed by atoms with Crippen LogP contribution in [0.3, 0.4) is 0 Å². The zero-order valence-corrected chi connectivity index (χ0v) is 14.2. The third-order valence-corrected chi connectivity index (χ3v) is 4.01. The number of hydrogen-bond acceptors (Lipinski definition) is 2. The zero-order chi connectivity index (χ0) is 17.6. The van der Waals surface area contributed by atoms with Crippen molar-refractivity contribution in [2.24, 2.45) is 0 Å². The SMILES string of the molecule is c1ccc(Oc2ccccc2Oc2ccc(-c3ccccc3)cc2)cc1. The fourth-order valence-corrected chi connectivity index (χ4v) is 2.71. The van der Waals surface area contributed by atoms with Crippen molar-refractivity contribution in [2.75, 3.05) is 0 Å². The minimum absolute atomic E-state index is 0.684. The maximum atomic E-state index is 6.05. The summed E-state index contributed by atoms with van der Waals surface area (Å²) in [6, 6.07) is 35.7. The Morgan fingerprint density at radius 2 is 0.769 bits per heavy atom. The van der Waals surface area contributed by atoms with Crippen molar-refractivity contribution in [2.45, 2.75) is 0 Å². The Morgan fingerprint density at radius 1 is 0.346 bits per heavy atom. The first kappa shape index (κ1) is 16.0. The summed E-state index contributed by atoms with van der Waals surface area (Å²) in [7, 11) is 0. The van der Waals surface area contributed by atoms with Crippen molar-refractivity contribution >= 4 is 0 Å². The lowest BCUT2D eigenvalue weighted by molar-refractivity contribution is 0.419. The Hall–Kier alpha value is -3.52. The molecule has 0 fully saturated rings. The molecule has 4 aromatic rings. The molecule has 0 spiro atoms. The Labute approximate surface area is 153 Å². The first-order valence-electron chi connectivity index (χ1n) is 8.54. The minimum atomic E-state index is 0.684. The summed E-state index contributed by atoms with van der Waals surface area (Å²) in [5, 5.41) is 0. The monoisotopic (exact) mass is 338 g/mol. The summed E-state index contributed by atoms with van der Waals surface area (Å²) in [5.74, 6) is 2.92. The van der Waals surface area contributed by atoms with Crippen LogP contribution in [-0.4, -0.2) is 0 Å². The Bertz CT molecular complexity index is 962. The lowest BCUT2D eigenvalue weighted by Gasteiger charge is -2.12. The van der Waals surface area contributed by atoms with Crippen LogP contribution in [0.1, 0.15) is 0 Å². The quantitative estimate of drug-likeness (QED) is 0.392. The van der Waals surface area contributed by atoms with E-state index in [4.69, 9.17) is 9.47 Å². The number of ether oxygens (including phenoxy) is 2. The topological polar surface area (TPSA) is 18.5 Å². The minimum Gasteiger partial charge on any atom is -0.453 e. The van der Waals surface area contributed by atoms with E-state index in [1.807, 2.05) is 84.9 Å². The highest BCUT2D eigenvalue weighted by Crippen LogP contribution is 2.35. The summed E-state index contributed by atoms with van der Waals surface area (Å²) in [6.45, 7) is 0. The predicted octanol–water partition coefficient (Wildman–Crippen LogP) is 6.94. The van der Waals surface area contributed by atoms with Gasteiger partial charge < -0.3 is 9.47 Å². The molecule has 0 amide bonds. The molecule has 4 aromatic carbocycles. The van der Waals surface area contributed by atoms with Gasteiger partial charge in [0.05, 0.1) is 0 Å². The van der Waals surface area contributed by atoms with Crippen molar-refractivity contribution in [1.82, 2.24) is 0 Å². The lowest BCUT2D eigenvalue weighted by Crippen LogP contribution is -1.90. The highest BCUT2D eigenvalue weighted by molar-refractivity contribution is 5.64. The number of hydrogen-bond donors (Lipinski definition) is 0. The van der Waals surface area contributed by atoms with Crippen molar-refractivity contribution < 1.29 is 9.47 Å². The van der Waals surface area contributed by atoms with Gasteiger partial charge in [0.25, 0.3) is 0 Å². The molecule has 0 saturated carbocycles. The van der Waals surface area contributed by atoms with E-state index in [0.29, 0.717) is 11.5 Å². The van der Waals surface area contributed by atoms with Crippen LogP contribution >= 0.6 is 0 Å². The largest absolute Gasteiger partial charge is 0.453 e. The van der Waals surface area contributed by atoms with Gasteiger partial charge in [-0.05, 0) is 47.5 Å². The second kappa shape index (κ2) is 7.58. The van der Waals surface area contributed by atoms with Crippen LogP contribution < -0.4 is 9.47 Å². The van der Waals surface area contributed by atoms with E-state index in [2.05, 4.69) is 24.3 Å². The molecule has 0 radical (unpaired) electrons. The molecule has 2 nitrogen and oxygen atoms in total. The van der Waals surface area contributed by atoms with Gasteiger partial charge >= 0.3 is 0 Å². The molecule has 0 aliphatic carbocycles. The average molecular weight is 338 g/mol. The molecular weight excluding hydrogens is 320 g/mol. The van der Waals surface area contributed by atoms with Crippen molar-refractivity contribution in [3.63, 3.8) is 0 Å². The van der Waals surface area contributed by atoms with Gasteiger partial charge in [-0.1, -0.05) is 72.8 Å². The second-order valence-electron chi connectivity index (χ2n) is 5.85. The Kier molecular flexibility index (Phi) is 4.66. The summed E-state index contributed by atoms with van der Waals surface area (Å²) >= 11 is 0. The van der Waals surface area contributed by atoms with E-state index in [1.54, 1.807) is 0 Å². The predicted molar refractivity (Wildman–Crippen MR) is 105 cm³/mol. The van der Waals surface area contributed by atoms with Crippen LogP contribution in [0, 0.1) is 0 Å². The molecule has 0 saturated heterocycles. The fraction of sp³-hybridized carbons (Fsp3) is 0. The first-order valence-corrected chi connectivity index (χ1v) is 8.54. The van der Waals surface area contributed by atoms with Crippen molar-refractivity contribution in [1.29, 1.82) is 0 Å². The second-order valence-corrected chi connectivity index (χ2v) is 5.85. The summed E-state index contributed by atoms with van der Waals surface area (Å²) in [6.07, 6.45) is 0. The third-order valence-electron chi connectivity index (χ3n) is 4.01. The molecule has 0 aliphatic rings. The molecule has 126 valence electrons. The maximum Gasteiger partial charge on any atom is 0.169 e. The van der Waals surface area contributed by atoms with Gasteiger partial charge in [0.1, 0.15) is 11.5 Å². The van der Waals surface area contributed by atoms with Crippen molar-refractivity contribution in [3.8, 4) is 34.1 Å². The molecule has 0 heterocycles. The highest BCUT2D eigenvalue weighted by atomic mass is 16.5. The fourth-order valence-electron chi connectivity index (χ4n) is 2.71. The molecule has 0 aliphatic heterocycles. The van der Waals surface area contributed by atoms with Gasteiger partial charge in [0.15, 0.2) is 11.5 Å². The van der Waals surface area contributed by atoms with Crippen molar-refractivity contribution in [3.05, 3.63) is 109 Å². The standard InChI is InChI=1S/C24H18O2/c1-3-9-19(10-4-1)20-15-17-22(18-16-20)26-24-14-8-7-13-23(24)25-21-11-5-2-6-12-21/h1-18H. The van der Waals surface area contributed by atoms with Crippen LogP contribution in [0.25, 0.3) is 11.1 Å². The summed E-state index contributed by atoms with van der Waals surface area (Å²) in [4.78, 5) is 0. The van der Waals surface area contributed by atoms with Gasteiger partial charge in [-0.15, -0.1) is 0 Å². The molecule has 4 rings (SSSR count). The molecule has 2 heteroatoms. The molecule has 0 unspecified atom stereocenters. The first-order chi connectivity index (χ1) is 12.9. The molecule has 0 N–H and O–H groups in total.